The van der Waals surface area contributed by atoms with E-state index in [4.69, 9.17) is 11.5 Å². The Morgan fingerprint density at radius 2 is 1.74 bits per heavy atom. The zero-order valence-electron chi connectivity index (χ0n) is 13.8. The summed E-state index contributed by atoms with van der Waals surface area (Å²) in [6.45, 7) is 4.46. The Bertz CT molecular complexity index is 467. The number of carboxylic acid groups (broad SMARTS) is 1. The van der Waals surface area contributed by atoms with Crippen LogP contribution in [0.3, 0.4) is 0 Å². The smallest absolute Gasteiger partial charge is 0.324 e. The maximum atomic E-state index is 12.9. The van der Waals surface area contributed by atoms with E-state index in [1.807, 2.05) is 13.8 Å². The molecule has 0 saturated heterocycles. The van der Waals surface area contributed by atoms with Gasteiger partial charge >= 0.3 is 5.97 Å². The normalized spacial score (nSPS) is 15.0. The molecule has 7 nitrogen and oxygen atoms in total. The average Bonchev–Trinajstić information content (AvgIpc) is 2.46. The van der Waals surface area contributed by atoms with Gasteiger partial charge in [0.1, 0.15) is 0 Å². The zero-order valence-corrected chi connectivity index (χ0v) is 14.6. The van der Waals surface area contributed by atoms with Gasteiger partial charge in [0.15, 0.2) is 22.1 Å². The van der Waals surface area contributed by atoms with Gasteiger partial charge in [0.05, 0.1) is 6.54 Å². The van der Waals surface area contributed by atoms with Crippen molar-refractivity contribution >= 4 is 34.4 Å². The van der Waals surface area contributed by atoms with Gasteiger partial charge in [-0.05, 0) is 25.3 Å². The molecule has 23 heavy (non-hydrogen) atoms. The Kier molecular flexibility index (Phi) is 9.26. The molecule has 2 unspecified atom stereocenters. The second-order valence-corrected chi connectivity index (χ2v) is 7.07. The maximum absolute atomic E-state index is 12.9. The molecule has 0 aliphatic heterocycles. The summed E-state index contributed by atoms with van der Waals surface area (Å²) in [5.74, 6) is -3.54. The van der Waals surface area contributed by atoms with Crippen molar-refractivity contribution in [3.05, 3.63) is 0 Å². The highest BCUT2D eigenvalue weighted by Crippen LogP contribution is 2.32. The van der Waals surface area contributed by atoms with Crippen molar-refractivity contribution in [2.24, 2.45) is 28.7 Å². The minimum absolute atomic E-state index is 0.105. The summed E-state index contributed by atoms with van der Waals surface area (Å²) < 4.78 is 0. The lowest BCUT2D eigenvalue weighted by Gasteiger charge is -2.30. The first kappa shape index (κ1) is 21.8. The third kappa shape index (κ3) is 5.71. The summed E-state index contributed by atoms with van der Waals surface area (Å²) in [6, 6.07) is 0. The second kappa shape index (κ2) is 9.79. The minimum atomic E-state index is -2.22. The number of carboxylic acids is 1. The first-order valence-corrected chi connectivity index (χ1v) is 8.46. The number of carbonyl (C=O) groups is 4. The number of hydrogen-bond donors (Lipinski definition) is 3. The van der Waals surface area contributed by atoms with E-state index < -0.39 is 35.4 Å². The van der Waals surface area contributed by atoms with Crippen molar-refractivity contribution in [2.75, 3.05) is 18.8 Å². The summed E-state index contributed by atoms with van der Waals surface area (Å²) in [5.41, 5.74) is 8.54. The van der Waals surface area contributed by atoms with Crippen molar-refractivity contribution in [1.82, 2.24) is 0 Å². The molecule has 0 aromatic carbocycles. The van der Waals surface area contributed by atoms with Gasteiger partial charge in [0.2, 0.25) is 0 Å². The lowest BCUT2D eigenvalue weighted by Crippen LogP contribution is -2.53. The number of aliphatic carboxylic acids is 1. The Labute approximate surface area is 140 Å². The number of rotatable bonds is 11. The fraction of sp³-hybridized carbons (Fsp3) is 0.733. The molecular weight excluding hydrogens is 320 g/mol. The third-order valence-electron chi connectivity index (χ3n) is 3.58. The van der Waals surface area contributed by atoms with Crippen LogP contribution in [0, 0.1) is 17.3 Å². The highest BCUT2D eigenvalue weighted by Gasteiger charge is 2.53. The van der Waals surface area contributed by atoms with Crippen LogP contribution in [0.15, 0.2) is 0 Å². The molecule has 0 amide bonds. The van der Waals surface area contributed by atoms with Crippen LogP contribution >= 0.6 is 11.8 Å². The molecule has 0 radical (unpaired) electrons. The molecular formula is C15H26N2O5S. The molecule has 5 N–H and O–H groups in total. The van der Waals surface area contributed by atoms with Gasteiger partial charge in [-0.15, -0.1) is 0 Å². The first-order valence-electron chi connectivity index (χ1n) is 7.47. The van der Waals surface area contributed by atoms with Gasteiger partial charge in [-0.3, -0.25) is 19.2 Å². The third-order valence-corrected chi connectivity index (χ3v) is 4.56. The Morgan fingerprint density at radius 1 is 1.17 bits per heavy atom. The predicted octanol–water partition coefficient (Wildman–Crippen LogP) is 0.445. The molecule has 0 rings (SSSR count). The van der Waals surface area contributed by atoms with Crippen LogP contribution in [0.2, 0.25) is 0 Å². The van der Waals surface area contributed by atoms with Crippen LogP contribution < -0.4 is 11.5 Å². The summed E-state index contributed by atoms with van der Waals surface area (Å²) in [4.78, 5) is 48.0. The fourth-order valence-corrected chi connectivity index (χ4v) is 3.23. The molecule has 0 fully saturated rings. The largest absolute Gasteiger partial charge is 0.480 e. The fourth-order valence-electron chi connectivity index (χ4n) is 2.51. The highest BCUT2D eigenvalue weighted by molar-refractivity contribution is 8.13. The number of nitrogens with two attached hydrogens (primary N) is 2. The Hall–Kier alpha value is -1.25. The van der Waals surface area contributed by atoms with E-state index in [9.17, 15) is 24.3 Å². The maximum Gasteiger partial charge on any atom is 0.324 e. The lowest BCUT2D eigenvalue weighted by molar-refractivity contribution is -0.161. The molecule has 0 bridgehead atoms. The van der Waals surface area contributed by atoms with Crippen molar-refractivity contribution in [2.45, 2.75) is 33.6 Å². The van der Waals surface area contributed by atoms with Crippen LogP contribution in [-0.2, 0) is 19.2 Å². The number of hydrogen-bond acceptors (Lipinski definition) is 7. The van der Waals surface area contributed by atoms with Gasteiger partial charge in [0, 0.05) is 18.6 Å². The van der Waals surface area contributed by atoms with Crippen LogP contribution in [0.25, 0.3) is 0 Å². The Morgan fingerprint density at radius 3 is 2.09 bits per heavy atom. The molecule has 2 atom stereocenters. The van der Waals surface area contributed by atoms with E-state index in [1.54, 1.807) is 0 Å². The molecule has 0 aliphatic rings. The van der Waals surface area contributed by atoms with Crippen molar-refractivity contribution in [3.63, 3.8) is 0 Å². The van der Waals surface area contributed by atoms with Gasteiger partial charge in [-0.2, -0.15) is 0 Å². The summed E-state index contributed by atoms with van der Waals surface area (Å²) in [6.07, 6.45) is 0.0904. The number of thioether (sulfide) groups is 1. The standard InChI is InChI=1S/C15H26N2O5S/c1-9(2)6-11(8-23-10(3)18)13(20)15(4-5-16,14(21)22)12(19)7-17/h9,11H,4-8,16-17H2,1-3H3,(H,21,22). The van der Waals surface area contributed by atoms with Crippen LogP contribution in [0.1, 0.15) is 33.6 Å². The van der Waals surface area contributed by atoms with Gasteiger partial charge in [-0.1, -0.05) is 25.6 Å². The van der Waals surface area contributed by atoms with E-state index >= 15 is 0 Å². The average molecular weight is 346 g/mol. The molecule has 0 aliphatic carbocycles. The van der Waals surface area contributed by atoms with Crippen LogP contribution in [-0.4, -0.2) is 46.6 Å². The molecule has 8 heteroatoms. The van der Waals surface area contributed by atoms with Crippen molar-refractivity contribution < 1.29 is 24.3 Å². The van der Waals surface area contributed by atoms with Crippen molar-refractivity contribution in [1.29, 1.82) is 0 Å². The topological polar surface area (TPSA) is 141 Å². The number of ketones is 2. The minimum Gasteiger partial charge on any atom is -0.480 e. The van der Waals surface area contributed by atoms with Crippen LogP contribution in [0.4, 0.5) is 0 Å². The van der Waals surface area contributed by atoms with Gasteiger partial charge in [0.25, 0.3) is 0 Å². The summed E-state index contributed by atoms with van der Waals surface area (Å²) in [5, 5.41) is 9.39. The van der Waals surface area contributed by atoms with Gasteiger partial charge < -0.3 is 16.6 Å². The van der Waals surface area contributed by atoms with E-state index in [0.717, 1.165) is 11.8 Å². The van der Waals surface area contributed by atoms with E-state index in [-0.39, 0.29) is 29.8 Å². The number of Topliss-reactive ketones (excluding diaryl/α,β-unsaturated/α-hetero) is 2. The van der Waals surface area contributed by atoms with Crippen LogP contribution in [0.5, 0.6) is 0 Å². The lowest BCUT2D eigenvalue weighted by atomic mass is 9.71. The SMILES string of the molecule is CC(=O)SCC(CC(C)C)C(=O)C(CCN)(C(=O)O)C(=O)CN. The summed E-state index contributed by atoms with van der Waals surface area (Å²) in [7, 11) is 0. The van der Waals surface area contributed by atoms with Crippen molar-refractivity contribution in [3.8, 4) is 0 Å². The second-order valence-electron chi connectivity index (χ2n) is 5.87. The van der Waals surface area contributed by atoms with E-state index in [0.29, 0.717) is 6.42 Å². The summed E-state index contributed by atoms with van der Waals surface area (Å²) >= 11 is 0.948. The van der Waals surface area contributed by atoms with E-state index in [1.165, 1.54) is 6.92 Å². The predicted molar refractivity (Wildman–Crippen MR) is 88.9 cm³/mol. The Balaban J connectivity index is 5.76. The zero-order chi connectivity index (χ0) is 18.2. The molecule has 132 valence electrons. The number of carbonyl (C=O) groups excluding carboxylic acids is 3. The monoisotopic (exact) mass is 346 g/mol. The quantitative estimate of drug-likeness (QED) is 0.458. The first-order chi connectivity index (χ1) is 10.6. The molecule has 0 saturated carbocycles. The molecule has 0 aromatic heterocycles. The molecule has 0 heterocycles. The molecule has 0 spiro atoms. The highest BCUT2D eigenvalue weighted by atomic mass is 32.2. The van der Waals surface area contributed by atoms with Gasteiger partial charge in [-0.25, -0.2) is 0 Å². The van der Waals surface area contributed by atoms with E-state index in [2.05, 4.69) is 0 Å². The molecule has 0 aromatic rings.